The number of benzene rings is 1. The third-order valence-electron chi connectivity index (χ3n) is 3.80. The molecule has 0 heterocycles. The highest BCUT2D eigenvalue weighted by Crippen LogP contribution is 2.20. The smallest absolute Gasteiger partial charge is 0.303 e. The molecule has 1 rings (SSSR count). The van der Waals surface area contributed by atoms with Crippen molar-refractivity contribution in [1.29, 1.82) is 0 Å². The van der Waals surface area contributed by atoms with Crippen LogP contribution in [0.2, 0.25) is 0 Å². The lowest BCUT2D eigenvalue weighted by atomic mass is 10.0. The molecule has 3 nitrogen and oxygen atoms in total. The average molecular weight is 292 g/mol. The topological polar surface area (TPSA) is 57.5 Å². The van der Waals surface area contributed by atoms with E-state index >= 15 is 0 Å². The molecule has 0 saturated carbocycles. The normalized spacial score (nSPS) is 12.2. The van der Waals surface area contributed by atoms with E-state index in [1.807, 2.05) is 30.3 Å². The van der Waals surface area contributed by atoms with Gasteiger partial charge in [0.15, 0.2) is 0 Å². The number of aliphatic hydroxyl groups excluding tert-OH is 1. The molecule has 0 aliphatic heterocycles. The van der Waals surface area contributed by atoms with Crippen LogP contribution in [-0.4, -0.2) is 16.2 Å². The zero-order chi connectivity index (χ0) is 15.3. The molecule has 0 radical (unpaired) electrons. The fourth-order valence-electron chi connectivity index (χ4n) is 2.52. The number of hydrogen-bond donors (Lipinski definition) is 2. The highest BCUT2D eigenvalue weighted by atomic mass is 16.4. The zero-order valence-electron chi connectivity index (χ0n) is 12.8. The van der Waals surface area contributed by atoms with Crippen molar-refractivity contribution in [3.63, 3.8) is 0 Å². The molecule has 0 saturated heterocycles. The Hall–Kier alpha value is -1.35. The summed E-state index contributed by atoms with van der Waals surface area (Å²) in [5.41, 5.74) is 1.01. The van der Waals surface area contributed by atoms with Crippen LogP contribution in [0, 0.1) is 0 Å². The maximum Gasteiger partial charge on any atom is 0.303 e. The van der Waals surface area contributed by atoms with Crippen molar-refractivity contribution in [3.05, 3.63) is 35.9 Å². The molecule has 0 aromatic heterocycles. The highest BCUT2D eigenvalue weighted by molar-refractivity contribution is 5.66. The van der Waals surface area contributed by atoms with Gasteiger partial charge < -0.3 is 10.2 Å². The van der Waals surface area contributed by atoms with E-state index in [2.05, 4.69) is 0 Å². The van der Waals surface area contributed by atoms with Crippen LogP contribution in [-0.2, 0) is 4.79 Å². The first-order valence-electron chi connectivity index (χ1n) is 8.15. The van der Waals surface area contributed by atoms with Crippen molar-refractivity contribution in [2.75, 3.05) is 0 Å². The zero-order valence-corrected chi connectivity index (χ0v) is 12.8. The molecule has 3 heteroatoms. The molecule has 0 bridgehead atoms. The Morgan fingerprint density at radius 3 is 1.95 bits per heavy atom. The minimum atomic E-state index is -0.688. The molecule has 0 spiro atoms. The Balaban J connectivity index is 1.90. The second-order valence-corrected chi connectivity index (χ2v) is 5.69. The van der Waals surface area contributed by atoms with Gasteiger partial charge in [-0.25, -0.2) is 0 Å². The number of aliphatic hydroxyl groups is 1. The molecule has 1 aromatic rings. The van der Waals surface area contributed by atoms with Crippen LogP contribution >= 0.6 is 0 Å². The van der Waals surface area contributed by atoms with Crippen molar-refractivity contribution < 1.29 is 15.0 Å². The lowest BCUT2D eigenvalue weighted by molar-refractivity contribution is -0.137. The lowest BCUT2D eigenvalue weighted by Gasteiger charge is -2.10. The molecule has 2 N–H and O–H groups in total. The summed E-state index contributed by atoms with van der Waals surface area (Å²) in [6, 6.07) is 9.84. The van der Waals surface area contributed by atoms with E-state index in [9.17, 15) is 9.90 Å². The maximum atomic E-state index is 10.3. The molecule has 118 valence electrons. The van der Waals surface area contributed by atoms with E-state index < -0.39 is 5.97 Å². The standard InChI is InChI=1S/C18H28O3/c19-17(16-12-8-7-9-13-16)14-10-5-3-1-2-4-6-11-15-18(20)21/h7-9,12-13,17,19H,1-6,10-11,14-15H2,(H,20,21). The summed E-state index contributed by atoms with van der Waals surface area (Å²) in [5, 5.41) is 18.5. The van der Waals surface area contributed by atoms with Crippen molar-refractivity contribution in [2.24, 2.45) is 0 Å². The fourth-order valence-corrected chi connectivity index (χ4v) is 2.52. The molecule has 0 aliphatic carbocycles. The van der Waals surface area contributed by atoms with Crippen LogP contribution in [0.1, 0.15) is 75.9 Å². The van der Waals surface area contributed by atoms with Crippen LogP contribution in [0.5, 0.6) is 0 Å². The van der Waals surface area contributed by atoms with E-state index in [1.165, 1.54) is 25.7 Å². The number of carbonyl (C=O) groups is 1. The molecular weight excluding hydrogens is 264 g/mol. The van der Waals surface area contributed by atoms with Gasteiger partial charge in [0.05, 0.1) is 6.10 Å². The number of hydrogen-bond acceptors (Lipinski definition) is 2. The third kappa shape index (κ3) is 9.24. The van der Waals surface area contributed by atoms with Crippen LogP contribution in [0.4, 0.5) is 0 Å². The van der Waals surface area contributed by atoms with Crippen LogP contribution < -0.4 is 0 Å². The molecule has 1 unspecified atom stereocenters. The highest BCUT2D eigenvalue weighted by Gasteiger charge is 2.05. The second kappa shape index (κ2) is 11.3. The minimum Gasteiger partial charge on any atom is -0.481 e. The third-order valence-corrected chi connectivity index (χ3v) is 3.80. The first-order valence-corrected chi connectivity index (χ1v) is 8.15. The van der Waals surface area contributed by atoms with Gasteiger partial charge in [0, 0.05) is 6.42 Å². The summed E-state index contributed by atoms with van der Waals surface area (Å²) in [6.45, 7) is 0. The Kier molecular flexibility index (Phi) is 9.55. The monoisotopic (exact) mass is 292 g/mol. The van der Waals surface area contributed by atoms with Gasteiger partial charge in [-0.15, -0.1) is 0 Å². The van der Waals surface area contributed by atoms with Gasteiger partial charge in [-0.2, -0.15) is 0 Å². The number of aliphatic carboxylic acids is 1. The first-order chi connectivity index (χ1) is 10.2. The quantitative estimate of drug-likeness (QED) is 0.549. The van der Waals surface area contributed by atoms with Crippen molar-refractivity contribution in [1.82, 2.24) is 0 Å². The SMILES string of the molecule is O=C(O)CCCCCCCCCCC(O)c1ccccc1. The van der Waals surface area contributed by atoms with Crippen molar-refractivity contribution in [2.45, 2.75) is 70.3 Å². The average Bonchev–Trinajstić information content (AvgIpc) is 2.49. The number of unbranched alkanes of at least 4 members (excludes halogenated alkanes) is 7. The van der Waals surface area contributed by atoms with Gasteiger partial charge in [-0.05, 0) is 18.4 Å². The summed E-state index contributed by atoms with van der Waals surface area (Å²) < 4.78 is 0. The van der Waals surface area contributed by atoms with Gasteiger partial charge in [-0.1, -0.05) is 75.3 Å². The van der Waals surface area contributed by atoms with Gasteiger partial charge in [-0.3, -0.25) is 4.79 Å². The summed E-state index contributed by atoms with van der Waals surface area (Å²) in [5.74, 6) is -0.688. The van der Waals surface area contributed by atoms with E-state index in [-0.39, 0.29) is 6.10 Å². The van der Waals surface area contributed by atoms with E-state index in [4.69, 9.17) is 5.11 Å². The van der Waals surface area contributed by atoms with Crippen molar-refractivity contribution >= 4 is 5.97 Å². The van der Waals surface area contributed by atoms with E-state index in [0.29, 0.717) is 6.42 Å². The molecule has 1 atom stereocenters. The largest absolute Gasteiger partial charge is 0.481 e. The summed E-state index contributed by atoms with van der Waals surface area (Å²) >= 11 is 0. The Bertz CT molecular complexity index is 375. The van der Waals surface area contributed by atoms with Crippen LogP contribution in [0.25, 0.3) is 0 Å². The molecule has 0 aliphatic rings. The minimum absolute atomic E-state index is 0.303. The van der Waals surface area contributed by atoms with E-state index in [0.717, 1.165) is 37.7 Å². The van der Waals surface area contributed by atoms with Gasteiger partial charge in [0.2, 0.25) is 0 Å². The molecule has 21 heavy (non-hydrogen) atoms. The molecule has 1 aromatic carbocycles. The summed E-state index contributed by atoms with van der Waals surface area (Å²) in [7, 11) is 0. The molecular formula is C18H28O3. The summed E-state index contributed by atoms with van der Waals surface area (Å²) in [4.78, 5) is 10.3. The van der Waals surface area contributed by atoms with Crippen LogP contribution in [0.15, 0.2) is 30.3 Å². The Morgan fingerprint density at radius 1 is 0.857 bits per heavy atom. The van der Waals surface area contributed by atoms with Gasteiger partial charge in [0.25, 0.3) is 0 Å². The second-order valence-electron chi connectivity index (χ2n) is 5.69. The Morgan fingerprint density at radius 2 is 1.38 bits per heavy atom. The number of carboxylic acids is 1. The van der Waals surface area contributed by atoms with Crippen molar-refractivity contribution in [3.8, 4) is 0 Å². The molecule has 0 amide bonds. The van der Waals surface area contributed by atoms with Gasteiger partial charge >= 0.3 is 5.97 Å². The first kappa shape index (κ1) is 17.7. The number of rotatable bonds is 12. The van der Waals surface area contributed by atoms with E-state index in [1.54, 1.807) is 0 Å². The lowest BCUT2D eigenvalue weighted by Crippen LogP contribution is -1.96. The van der Waals surface area contributed by atoms with Crippen LogP contribution in [0.3, 0.4) is 0 Å². The molecule has 0 fully saturated rings. The fraction of sp³-hybridized carbons (Fsp3) is 0.611. The predicted octanol–water partition coefficient (Wildman–Crippen LogP) is 4.71. The number of carboxylic acid groups (broad SMARTS) is 1. The predicted molar refractivity (Wildman–Crippen MR) is 85.2 cm³/mol. The summed E-state index contributed by atoms with van der Waals surface area (Å²) in [6.07, 6.45) is 9.63. The Labute approximate surface area is 128 Å². The maximum absolute atomic E-state index is 10.3. The van der Waals surface area contributed by atoms with Gasteiger partial charge in [0.1, 0.15) is 0 Å².